The second-order valence-electron chi connectivity index (χ2n) is 4.18. The van der Waals surface area contributed by atoms with E-state index < -0.39 is 5.82 Å². The van der Waals surface area contributed by atoms with Crippen LogP contribution < -0.4 is 5.73 Å². The highest BCUT2D eigenvalue weighted by molar-refractivity contribution is 7.21. The molecular formula is C14H11FN2S. The number of hydrogen-bond acceptors (Lipinski definition) is 3. The number of nitrogens with two attached hydrogens (primary N) is 1. The number of nitrogens with zero attached hydrogens (tertiary/aromatic N) is 1. The summed E-state index contributed by atoms with van der Waals surface area (Å²) in [6.07, 6.45) is 0. The van der Waals surface area contributed by atoms with Crippen LogP contribution in [0.5, 0.6) is 0 Å². The number of hydrogen-bond donors (Lipinski definition) is 1. The number of anilines is 1. The molecule has 1 aromatic heterocycles. The Morgan fingerprint density at radius 3 is 2.78 bits per heavy atom. The molecule has 0 radical (unpaired) electrons. The van der Waals surface area contributed by atoms with Crippen molar-refractivity contribution in [3.8, 4) is 10.6 Å². The Bertz CT molecular complexity index is 734. The molecule has 0 aliphatic carbocycles. The first-order valence-corrected chi connectivity index (χ1v) is 6.38. The van der Waals surface area contributed by atoms with Gasteiger partial charge in [-0.1, -0.05) is 12.1 Å². The third-order valence-corrected chi connectivity index (χ3v) is 3.93. The van der Waals surface area contributed by atoms with Gasteiger partial charge >= 0.3 is 0 Å². The van der Waals surface area contributed by atoms with E-state index in [1.807, 2.05) is 25.1 Å². The van der Waals surface area contributed by atoms with Crippen molar-refractivity contribution in [2.75, 3.05) is 5.73 Å². The first-order chi connectivity index (χ1) is 8.65. The lowest BCUT2D eigenvalue weighted by atomic mass is 10.2. The molecule has 18 heavy (non-hydrogen) atoms. The van der Waals surface area contributed by atoms with E-state index in [-0.39, 0.29) is 5.69 Å². The summed E-state index contributed by atoms with van der Waals surface area (Å²) in [7, 11) is 0. The lowest BCUT2D eigenvalue weighted by molar-refractivity contribution is 0.632. The Kier molecular flexibility index (Phi) is 2.52. The van der Waals surface area contributed by atoms with E-state index >= 15 is 0 Å². The molecule has 2 nitrogen and oxygen atoms in total. The number of para-hydroxylation sites is 1. The first-order valence-electron chi connectivity index (χ1n) is 5.57. The lowest BCUT2D eigenvalue weighted by Crippen LogP contribution is -1.90. The van der Waals surface area contributed by atoms with Gasteiger partial charge in [-0.25, -0.2) is 9.37 Å². The SMILES string of the molecule is Cc1cccc2sc(-c3ccc(F)c(N)c3)nc12. The molecule has 0 spiro atoms. The topological polar surface area (TPSA) is 38.9 Å². The molecule has 0 unspecified atom stereocenters. The molecule has 3 aromatic rings. The molecule has 0 fully saturated rings. The maximum absolute atomic E-state index is 13.1. The highest BCUT2D eigenvalue weighted by Crippen LogP contribution is 2.32. The molecule has 0 amide bonds. The normalized spacial score (nSPS) is 11.0. The molecular weight excluding hydrogens is 247 g/mol. The Morgan fingerprint density at radius 1 is 1.22 bits per heavy atom. The van der Waals surface area contributed by atoms with Gasteiger partial charge in [0, 0.05) is 5.56 Å². The van der Waals surface area contributed by atoms with Crippen molar-refractivity contribution < 1.29 is 4.39 Å². The van der Waals surface area contributed by atoms with Crippen molar-refractivity contribution in [3.05, 3.63) is 47.8 Å². The molecule has 2 N–H and O–H groups in total. The van der Waals surface area contributed by atoms with E-state index in [0.717, 1.165) is 26.4 Å². The Labute approximate surface area is 108 Å². The zero-order chi connectivity index (χ0) is 12.7. The Balaban J connectivity index is 2.19. The zero-order valence-corrected chi connectivity index (χ0v) is 10.6. The smallest absolute Gasteiger partial charge is 0.146 e. The Hall–Kier alpha value is -1.94. The van der Waals surface area contributed by atoms with Crippen molar-refractivity contribution in [2.24, 2.45) is 0 Å². The van der Waals surface area contributed by atoms with Gasteiger partial charge < -0.3 is 5.73 Å². The van der Waals surface area contributed by atoms with Crippen LogP contribution >= 0.6 is 11.3 Å². The van der Waals surface area contributed by atoms with E-state index in [0.29, 0.717) is 0 Å². The van der Waals surface area contributed by atoms with Gasteiger partial charge in [-0.15, -0.1) is 11.3 Å². The molecule has 90 valence electrons. The van der Waals surface area contributed by atoms with Crippen LogP contribution in [0.15, 0.2) is 36.4 Å². The van der Waals surface area contributed by atoms with Gasteiger partial charge in [-0.3, -0.25) is 0 Å². The number of nitrogen functional groups attached to an aromatic ring is 1. The van der Waals surface area contributed by atoms with E-state index in [1.165, 1.54) is 6.07 Å². The fourth-order valence-corrected chi connectivity index (χ4v) is 2.93. The highest BCUT2D eigenvalue weighted by atomic mass is 32.1. The zero-order valence-electron chi connectivity index (χ0n) is 9.77. The monoisotopic (exact) mass is 258 g/mol. The number of thiazole rings is 1. The molecule has 1 heterocycles. The van der Waals surface area contributed by atoms with Crippen LogP contribution in [-0.4, -0.2) is 4.98 Å². The van der Waals surface area contributed by atoms with Crippen molar-refractivity contribution in [2.45, 2.75) is 6.92 Å². The molecule has 2 aromatic carbocycles. The standard InChI is InChI=1S/C14H11FN2S/c1-8-3-2-4-12-13(8)17-14(18-12)9-5-6-10(15)11(16)7-9/h2-7H,16H2,1H3. The predicted octanol–water partition coefficient (Wildman–Crippen LogP) is 3.99. The third-order valence-electron chi connectivity index (χ3n) is 2.86. The highest BCUT2D eigenvalue weighted by Gasteiger charge is 2.09. The number of benzene rings is 2. The van der Waals surface area contributed by atoms with Crippen LogP contribution in [0.4, 0.5) is 10.1 Å². The van der Waals surface area contributed by atoms with Gasteiger partial charge in [0.15, 0.2) is 0 Å². The third kappa shape index (κ3) is 1.75. The summed E-state index contributed by atoms with van der Waals surface area (Å²) in [4.78, 5) is 4.59. The van der Waals surface area contributed by atoms with E-state index in [9.17, 15) is 4.39 Å². The molecule has 0 aliphatic heterocycles. The predicted molar refractivity (Wildman–Crippen MR) is 74.2 cm³/mol. The second-order valence-corrected chi connectivity index (χ2v) is 5.21. The second kappa shape index (κ2) is 4.07. The van der Waals surface area contributed by atoms with Gasteiger partial charge in [0.25, 0.3) is 0 Å². The molecule has 0 aliphatic rings. The maximum Gasteiger partial charge on any atom is 0.146 e. The summed E-state index contributed by atoms with van der Waals surface area (Å²) < 4.78 is 14.3. The number of rotatable bonds is 1. The summed E-state index contributed by atoms with van der Waals surface area (Å²) in [5.74, 6) is -0.393. The first kappa shape index (κ1) is 11.2. The summed E-state index contributed by atoms with van der Waals surface area (Å²) >= 11 is 1.59. The van der Waals surface area contributed by atoms with Crippen LogP contribution in [-0.2, 0) is 0 Å². The van der Waals surface area contributed by atoms with Crippen molar-refractivity contribution in [3.63, 3.8) is 0 Å². The van der Waals surface area contributed by atoms with Crippen LogP contribution in [0, 0.1) is 12.7 Å². The summed E-state index contributed by atoms with van der Waals surface area (Å²) in [5, 5.41) is 0.867. The minimum absolute atomic E-state index is 0.156. The maximum atomic E-state index is 13.1. The fourth-order valence-electron chi connectivity index (χ4n) is 1.89. The minimum atomic E-state index is -0.393. The summed E-state index contributed by atoms with van der Waals surface area (Å²) in [6.45, 7) is 2.03. The van der Waals surface area contributed by atoms with Crippen LogP contribution in [0.2, 0.25) is 0 Å². The van der Waals surface area contributed by atoms with Crippen LogP contribution in [0.1, 0.15) is 5.56 Å². The molecule has 4 heteroatoms. The summed E-state index contributed by atoms with van der Waals surface area (Å²) in [6, 6.07) is 10.8. The van der Waals surface area contributed by atoms with Gasteiger partial charge in [-0.2, -0.15) is 0 Å². The number of fused-ring (bicyclic) bond motifs is 1. The van der Waals surface area contributed by atoms with E-state index in [1.54, 1.807) is 23.5 Å². The van der Waals surface area contributed by atoms with Crippen molar-refractivity contribution in [1.82, 2.24) is 4.98 Å². The van der Waals surface area contributed by atoms with Crippen LogP contribution in [0.3, 0.4) is 0 Å². The summed E-state index contributed by atoms with van der Waals surface area (Å²) in [5.41, 5.74) is 8.74. The number of halogens is 1. The average molecular weight is 258 g/mol. The minimum Gasteiger partial charge on any atom is -0.396 e. The van der Waals surface area contributed by atoms with Gasteiger partial charge in [-0.05, 0) is 36.8 Å². The molecule has 0 saturated heterocycles. The molecule has 0 bridgehead atoms. The van der Waals surface area contributed by atoms with Crippen molar-refractivity contribution in [1.29, 1.82) is 0 Å². The van der Waals surface area contributed by atoms with Crippen molar-refractivity contribution >= 4 is 27.2 Å². The van der Waals surface area contributed by atoms with E-state index in [2.05, 4.69) is 4.98 Å². The van der Waals surface area contributed by atoms with Crippen LogP contribution in [0.25, 0.3) is 20.8 Å². The van der Waals surface area contributed by atoms with E-state index in [4.69, 9.17) is 5.73 Å². The molecule has 3 rings (SSSR count). The largest absolute Gasteiger partial charge is 0.396 e. The van der Waals surface area contributed by atoms with Gasteiger partial charge in [0.05, 0.1) is 15.9 Å². The average Bonchev–Trinajstić information content (AvgIpc) is 2.78. The van der Waals surface area contributed by atoms with Gasteiger partial charge in [0.1, 0.15) is 10.8 Å². The Morgan fingerprint density at radius 2 is 2.06 bits per heavy atom. The number of aryl methyl sites for hydroxylation is 1. The van der Waals surface area contributed by atoms with Gasteiger partial charge in [0.2, 0.25) is 0 Å². The number of aromatic nitrogens is 1. The molecule has 0 saturated carbocycles. The lowest BCUT2D eigenvalue weighted by Gasteiger charge is -1.99. The quantitative estimate of drug-likeness (QED) is 0.670. The molecule has 0 atom stereocenters. The fraction of sp³-hybridized carbons (Fsp3) is 0.0714.